The summed E-state index contributed by atoms with van der Waals surface area (Å²) < 4.78 is 0. The minimum Gasteiger partial charge on any atom is -0.354 e. The molecule has 1 aliphatic rings. The third-order valence-electron chi connectivity index (χ3n) is 3.45. The maximum Gasteiger partial charge on any atom is 0.238 e. The molecule has 1 aromatic heterocycles. The van der Waals surface area contributed by atoms with Crippen molar-refractivity contribution in [3.05, 3.63) is 30.1 Å². The van der Waals surface area contributed by atoms with Crippen LogP contribution in [-0.4, -0.2) is 41.5 Å². The number of carbonyl (C=O) groups is 1. The van der Waals surface area contributed by atoms with Crippen molar-refractivity contribution >= 4 is 5.91 Å². The Morgan fingerprint density at radius 3 is 3.00 bits per heavy atom. The van der Waals surface area contributed by atoms with Gasteiger partial charge in [0.05, 0.1) is 0 Å². The molecule has 0 bridgehead atoms. The van der Waals surface area contributed by atoms with Crippen molar-refractivity contribution in [2.45, 2.75) is 26.4 Å². The maximum atomic E-state index is 12.1. The molecule has 2 rings (SSSR count). The lowest BCUT2D eigenvalue weighted by molar-refractivity contribution is -0.125. The van der Waals surface area contributed by atoms with Crippen LogP contribution in [0.3, 0.4) is 0 Å². The van der Waals surface area contributed by atoms with Crippen LogP contribution in [0.4, 0.5) is 0 Å². The molecule has 1 saturated heterocycles. The highest BCUT2D eigenvalue weighted by atomic mass is 16.2. The fourth-order valence-electron chi connectivity index (χ4n) is 2.47. The molecule has 19 heavy (non-hydrogen) atoms. The van der Waals surface area contributed by atoms with Gasteiger partial charge in [0.25, 0.3) is 0 Å². The third kappa shape index (κ3) is 3.52. The number of hydrogen-bond donors (Lipinski definition) is 2. The SMILES string of the molecule is CC1(C)CNC(=O)C(CN)N(Cc2cccnc2)C1. The molecule has 1 unspecified atom stereocenters. The van der Waals surface area contributed by atoms with Crippen molar-refractivity contribution in [3.8, 4) is 0 Å². The molecule has 104 valence electrons. The van der Waals surface area contributed by atoms with Crippen molar-refractivity contribution in [2.75, 3.05) is 19.6 Å². The largest absolute Gasteiger partial charge is 0.354 e. The summed E-state index contributed by atoms with van der Waals surface area (Å²) in [6, 6.07) is 3.67. The molecule has 5 heteroatoms. The zero-order chi connectivity index (χ0) is 13.9. The van der Waals surface area contributed by atoms with E-state index >= 15 is 0 Å². The number of nitrogens with zero attached hydrogens (tertiary/aromatic N) is 2. The Morgan fingerprint density at radius 2 is 2.37 bits per heavy atom. The van der Waals surface area contributed by atoms with Gasteiger partial charge >= 0.3 is 0 Å². The van der Waals surface area contributed by atoms with Gasteiger partial charge in [-0.1, -0.05) is 19.9 Å². The number of nitrogens with two attached hydrogens (primary N) is 1. The molecule has 0 spiro atoms. The van der Waals surface area contributed by atoms with Crippen LogP contribution in [0.1, 0.15) is 19.4 Å². The molecule has 0 aromatic carbocycles. The molecule has 1 aromatic rings. The summed E-state index contributed by atoms with van der Waals surface area (Å²) in [4.78, 5) is 18.4. The summed E-state index contributed by atoms with van der Waals surface area (Å²) in [5.41, 5.74) is 6.92. The number of nitrogens with one attached hydrogen (secondary N) is 1. The lowest BCUT2D eigenvalue weighted by Gasteiger charge is -2.32. The number of amides is 1. The van der Waals surface area contributed by atoms with E-state index in [1.807, 2.05) is 18.3 Å². The molecule has 1 amide bonds. The number of aromatic nitrogens is 1. The van der Waals surface area contributed by atoms with Crippen LogP contribution in [0.2, 0.25) is 0 Å². The van der Waals surface area contributed by atoms with Crippen molar-refractivity contribution in [1.29, 1.82) is 0 Å². The molecule has 1 fully saturated rings. The van der Waals surface area contributed by atoms with Crippen molar-refractivity contribution in [2.24, 2.45) is 11.1 Å². The first kappa shape index (κ1) is 14.0. The Kier molecular flexibility index (Phi) is 4.17. The highest BCUT2D eigenvalue weighted by molar-refractivity contribution is 5.82. The summed E-state index contributed by atoms with van der Waals surface area (Å²) in [5, 5.41) is 2.98. The first-order valence-electron chi connectivity index (χ1n) is 6.62. The molecule has 5 nitrogen and oxygen atoms in total. The van der Waals surface area contributed by atoms with E-state index < -0.39 is 0 Å². The highest BCUT2D eigenvalue weighted by Gasteiger charge is 2.34. The monoisotopic (exact) mass is 262 g/mol. The molecule has 0 radical (unpaired) electrons. The summed E-state index contributed by atoms with van der Waals surface area (Å²) in [7, 11) is 0. The van der Waals surface area contributed by atoms with Crippen LogP contribution in [0.15, 0.2) is 24.5 Å². The standard InChI is InChI=1S/C14H22N4O/c1-14(2)9-17-13(19)12(6-15)18(10-14)8-11-4-3-5-16-7-11/h3-5,7,12H,6,8-10,15H2,1-2H3,(H,17,19). The maximum absolute atomic E-state index is 12.1. The van der Waals surface area contributed by atoms with Crippen LogP contribution in [-0.2, 0) is 11.3 Å². The van der Waals surface area contributed by atoms with E-state index in [4.69, 9.17) is 5.73 Å². The van der Waals surface area contributed by atoms with Gasteiger partial charge in [0.15, 0.2) is 0 Å². The van der Waals surface area contributed by atoms with E-state index in [1.165, 1.54) is 0 Å². The van der Waals surface area contributed by atoms with Gasteiger partial charge < -0.3 is 11.1 Å². The summed E-state index contributed by atoms with van der Waals surface area (Å²) >= 11 is 0. The molecule has 3 N–H and O–H groups in total. The number of carbonyl (C=O) groups excluding carboxylic acids is 1. The van der Waals surface area contributed by atoms with Crippen LogP contribution in [0, 0.1) is 5.41 Å². The Morgan fingerprint density at radius 1 is 1.58 bits per heavy atom. The smallest absolute Gasteiger partial charge is 0.238 e. The van der Waals surface area contributed by atoms with E-state index in [-0.39, 0.29) is 17.4 Å². The number of pyridine rings is 1. The zero-order valence-corrected chi connectivity index (χ0v) is 11.6. The zero-order valence-electron chi connectivity index (χ0n) is 11.6. The summed E-state index contributed by atoms with van der Waals surface area (Å²) in [6.45, 7) is 6.87. The van der Waals surface area contributed by atoms with Crippen molar-refractivity contribution in [3.63, 3.8) is 0 Å². The predicted molar refractivity (Wildman–Crippen MR) is 74.3 cm³/mol. The van der Waals surface area contributed by atoms with Crippen LogP contribution < -0.4 is 11.1 Å². The van der Waals surface area contributed by atoms with Crippen LogP contribution in [0.25, 0.3) is 0 Å². The molecular formula is C14H22N4O. The number of hydrogen-bond acceptors (Lipinski definition) is 4. The van der Waals surface area contributed by atoms with Crippen LogP contribution in [0.5, 0.6) is 0 Å². The van der Waals surface area contributed by atoms with Gasteiger partial charge in [0.1, 0.15) is 6.04 Å². The lowest BCUT2D eigenvalue weighted by atomic mass is 9.93. The Hall–Kier alpha value is -1.46. The molecule has 1 aliphatic heterocycles. The molecule has 2 heterocycles. The topological polar surface area (TPSA) is 71.2 Å². The summed E-state index contributed by atoms with van der Waals surface area (Å²) in [5.74, 6) is 0.0250. The van der Waals surface area contributed by atoms with Gasteiger partial charge in [-0.3, -0.25) is 14.7 Å². The van der Waals surface area contributed by atoms with Gasteiger partial charge in [-0.2, -0.15) is 0 Å². The lowest BCUT2D eigenvalue weighted by Crippen LogP contribution is -2.48. The van der Waals surface area contributed by atoms with Crippen molar-refractivity contribution < 1.29 is 4.79 Å². The van der Waals surface area contributed by atoms with Gasteiger partial charge in [-0.25, -0.2) is 0 Å². The average Bonchev–Trinajstić information content (AvgIpc) is 2.48. The normalized spacial score (nSPS) is 23.7. The fraction of sp³-hybridized carbons (Fsp3) is 0.571. The van der Waals surface area contributed by atoms with Crippen molar-refractivity contribution in [1.82, 2.24) is 15.2 Å². The van der Waals surface area contributed by atoms with Gasteiger partial charge in [-0.05, 0) is 17.0 Å². The first-order chi connectivity index (χ1) is 9.02. The minimum atomic E-state index is -0.262. The Bertz CT molecular complexity index is 432. The van der Waals surface area contributed by atoms with Gasteiger partial charge in [0.2, 0.25) is 5.91 Å². The quantitative estimate of drug-likeness (QED) is 0.825. The second-order valence-corrected chi connectivity index (χ2v) is 5.90. The van der Waals surface area contributed by atoms with Gasteiger partial charge in [0, 0.05) is 38.6 Å². The molecule has 0 saturated carbocycles. The molecule has 0 aliphatic carbocycles. The summed E-state index contributed by atoms with van der Waals surface area (Å²) in [6.07, 6.45) is 3.59. The van der Waals surface area contributed by atoms with E-state index in [1.54, 1.807) is 6.20 Å². The molecular weight excluding hydrogens is 240 g/mol. The third-order valence-corrected chi connectivity index (χ3v) is 3.45. The fourth-order valence-corrected chi connectivity index (χ4v) is 2.47. The van der Waals surface area contributed by atoms with Gasteiger partial charge in [-0.15, -0.1) is 0 Å². The van der Waals surface area contributed by atoms with E-state index in [0.29, 0.717) is 19.6 Å². The minimum absolute atomic E-state index is 0.0250. The van der Waals surface area contributed by atoms with E-state index in [2.05, 4.69) is 29.0 Å². The average molecular weight is 262 g/mol. The Labute approximate surface area is 114 Å². The second kappa shape index (κ2) is 5.67. The number of rotatable bonds is 3. The Balaban J connectivity index is 2.19. The van der Waals surface area contributed by atoms with E-state index in [9.17, 15) is 4.79 Å². The highest BCUT2D eigenvalue weighted by Crippen LogP contribution is 2.22. The van der Waals surface area contributed by atoms with Crippen LogP contribution >= 0.6 is 0 Å². The molecule has 1 atom stereocenters. The van der Waals surface area contributed by atoms with E-state index in [0.717, 1.165) is 12.1 Å². The first-order valence-corrected chi connectivity index (χ1v) is 6.62. The second-order valence-electron chi connectivity index (χ2n) is 5.90. The predicted octanol–water partition coefficient (Wildman–Crippen LogP) is 0.367.